The van der Waals surface area contributed by atoms with Crippen LogP contribution in [0.5, 0.6) is 0 Å². The van der Waals surface area contributed by atoms with E-state index < -0.39 is 0 Å². The van der Waals surface area contributed by atoms with Gasteiger partial charge in [-0.1, -0.05) is 18.2 Å². The summed E-state index contributed by atoms with van der Waals surface area (Å²) >= 11 is 0. The first-order valence-electron chi connectivity index (χ1n) is 11.0. The Morgan fingerprint density at radius 2 is 1.80 bits per heavy atom. The van der Waals surface area contributed by atoms with Crippen molar-refractivity contribution in [1.29, 1.82) is 0 Å². The van der Waals surface area contributed by atoms with Gasteiger partial charge < -0.3 is 10.1 Å². The van der Waals surface area contributed by atoms with Crippen molar-refractivity contribution in [3.63, 3.8) is 0 Å². The lowest BCUT2D eigenvalue weighted by Crippen LogP contribution is -2.47. The minimum absolute atomic E-state index is 0.103. The summed E-state index contributed by atoms with van der Waals surface area (Å²) in [4.78, 5) is 24.8. The highest BCUT2D eigenvalue weighted by Gasteiger charge is 2.51. The number of benzene rings is 1. The van der Waals surface area contributed by atoms with Crippen LogP contribution in [0, 0.1) is 23.2 Å². The van der Waals surface area contributed by atoms with E-state index in [-0.39, 0.29) is 17.3 Å². The molecule has 1 amide bonds. The van der Waals surface area contributed by atoms with E-state index in [0.29, 0.717) is 24.2 Å². The number of carbonyl (C=O) groups excluding carboxylic acids is 2. The second-order valence-electron chi connectivity index (χ2n) is 9.72. The van der Waals surface area contributed by atoms with Crippen LogP contribution in [-0.4, -0.2) is 28.8 Å². The SMILES string of the molecule is COC(=O)c1ccccc1Cn1cc(NC(=O)CC23CC4CC(CC(C4)C2)C3)cn1. The number of carbonyl (C=O) groups is 2. The van der Waals surface area contributed by atoms with Crippen LogP contribution in [-0.2, 0) is 16.1 Å². The lowest BCUT2D eigenvalue weighted by molar-refractivity contribution is -0.124. The van der Waals surface area contributed by atoms with Gasteiger partial charge in [-0.3, -0.25) is 9.48 Å². The molecule has 1 aromatic heterocycles. The quantitative estimate of drug-likeness (QED) is 0.726. The molecule has 1 aromatic carbocycles. The Morgan fingerprint density at radius 3 is 2.47 bits per heavy atom. The summed E-state index contributed by atoms with van der Waals surface area (Å²) in [5, 5.41) is 7.43. The summed E-state index contributed by atoms with van der Waals surface area (Å²) in [6, 6.07) is 7.34. The third kappa shape index (κ3) is 3.75. The first-order chi connectivity index (χ1) is 14.5. The minimum Gasteiger partial charge on any atom is -0.465 e. The van der Waals surface area contributed by atoms with Gasteiger partial charge >= 0.3 is 5.97 Å². The van der Waals surface area contributed by atoms with Gasteiger partial charge in [0.1, 0.15) is 0 Å². The number of hydrogen-bond donors (Lipinski definition) is 1. The summed E-state index contributed by atoms with van der Waals surface area (Å²) < 4.78 is 6.60. The fourth-order valence-electron chi connectivity index (χ4n) is 6.71. The molecule has 4 aliphatic carbocycles. The topological polar surface area (TPSA) is 73.2 Å². The zero-order chi connectivity index (χ0) is 20.7. The largest absolute Gasteiger partial charge is 0.465 e. The van der Waals surface area contributed by atoms with Gasteiger partial charge in [0.15, 0.2) is 0 Å². The Balaban J connectivity index is 1.23. The van der Waals surface area contributed by atoms with Gasteiger partial charge in [0.2, 0.25) is 5.91 Å². The summed E-state index contributed by atoms with van der Waals surface area (Å²) in [5.74, 6) is 2.29. The molecule has 4 saturated carbocycles. The second-order valence-corrected chi connectivity index (χ2v) is 9.72. The van der Waals surface area contributed by atoms with Crippen LogP contribution in [0.15, 0.2) is 36.7 Å². The maximum atomic E-state index is 12.8. The lowest BCUT2D eigenvalue weighted by atomic mass is 9.49. The molecule has 2 aromatic rings. The molecule has 4 aliphatic rings. The molecule has 6 nitrogen and oxygen atoms in total. The summed E-state index contributed by atoms with van der Waals surface area (Å²) in [6.07, 6.45) is 12.0. The molecule has 4 bridgehead atoms. The zero-order valence-corrected chi connectivity index (χ0v) is 17.5. The molecule has 0 atom stereocenters. The molecule has 6 rings (SSSR count). The predicted octanol–water partition coefficient (Wildman–Crippen LogP) is 4.26. The fourth-order valence-corrected chi connectivity index (χ4v) is 6.71. The van der Waals surface area contributed by atoms with Crippen molar-refractivity contribution < 1.29 is 14.3 Å². The molecule has 4 fully saturated rings. The molecule has 0 radical (unpaired) electrons. The number of rotatable bonds is 6. The van der Waals surface area contributed by atoms with Crippen LogP contribution in [0.1, 0.15) is 60.9 Å². The number of aromatic nitrogens is 2. The third-order valence-electron chi connectivity index (χ3n) is 7.37. The molecule has 158 valence electrons. The van der Waals surface area contributed by atoms with Gasteiger partial charge in [-0.2, -0.15) is 5.10 Å². The van der Waals surface area contributed by atoms with Crippen LogP contribution in [0.3, 0.4) is 0 Å². The summed E-state index contributed by atoms with van der Waals surface area (Å²) in [5.41, 5.74) is 2.30. The molecule has 30 heavy (non-hydrogen) atoms. The molecule has 0 aliphatic heterocycles. The number of anilines is 1. The van der Waals surface area contributed by atoms with Crippen LogP contribution in [0.25, 0.3) is 0 Å². The lowest BCUT2D eigenvalue weighted by Gasteiger charge is -2.56. The maximum Gasteiger partial charge on any atom is 0.338 e. The Labute approximate surface area is 177 Å². The molecule has 0 saturated heterocycles. The second kappa shape index (κ2) is 7.56. The average Bonchev–Trinajstić information content (AvgIpc) is 3.12. The fraction of sp³-hybridized carbons (Fsp3) is 0.542. The van der Waals surface area contributed by atoms with Crippen LogP contribution < -0.4 is 5.32 Å². The van der Waals surface area contributed by atoms with E-state index in [4.69, 9.17) is 4.74 Å². The molecule has 1 heterocycles. The Bertz CT molecular complexity index is 929. The van der Waals surface area contributed by atoms with Gasteiger partial charge in [-0.15, -0.1) is 0 Å². The maximum absolute atomic E-state index is 12.8. The van der Waals surface area contributed by atoms with Gasteiger partial charge in [0.25, 0.3) is 0 Å². The first-order valence-corrected chi connectivity index (χ1v) is 11.0. The van der Waals surface area contributed by atoms with Crippen LogP contribution in [0.4, 0.5) is 5.69 Å². The van der Waals surface area contributed by atoms with Crippen LogP contribution >= 0.6 is 0 Å². The monoisotopic (exact) mass is 407 g/mol. The Hall–Kier alpha value is -2.63. The number of amides is 1. The number of methoxy groups -OCH3 is 1. The molecule has 0 unspecified atom stereocenters. The van der Waals surface area contributed by atoms with E-state index in [0.717, 1.165) is 23.3 Å². The van der Waals surface area contributed by atoms with Crippen molar-refractivity contribution in [3.8, 4) is 0 Å². The van der Waals surface area contributed by atoms with Crippen molar-refractivity contribution in [3.05, 3.63) is 47.8 Å². The van der Waals surface area contributed by atoms with E-state index in [2.05, 4.69) is 10.4 Å². The van der Waals surface area contributed by atoms with Gasteiger partial charge in [-0.05, 0) is 73.3 Å². The first kappa shape index (κ1) is 19.3. The van der Waals surface area contributed by atoms with Crippen LogP contribution in [0.2, 0.25) is 0 Å². The standard InChI is InChI=1S/C24H29N3O3/c1-30-23(29)21-5-3-2-4-19(21)14-27-15-20(13-25-27)26-22(28)12-24-9-16-6-17(10-24)8-18(7-16)11-24/h2-5,13,15-18H,6-12,14H2,1H3,(H,26,28). The third-order valence-corrected chi connectivity index (χ3v) is 7.37. The van der Waals surface area contributed by atoms with E-state index in [9.17, 15) is 9.59 Å². The average molecular weight is 408 g/mol. The van der Waals surface area contributed by atoms with Crippen molar-refractivity contribution in [1.82, 2.24) is 9.78 Å². The molecule has 1 N–H and O–H groups in total. The molecule has 0 spiro atoms. The smallest absolute Gasteiger partial charge is 0.338 e. The number of ether oxygens (including phenoxy) is 1. The zero-order valence-electron chi connectivity index (χ0n) is 17.5. The molecule has 6 heteroatoms. The number of hydrogen-bond acceptors (Lipinski definition) is 4. The number of nitrogens with one attached hydrogen (secondary N) is 1. The van der Waals surface area contributed by atoms with Crippen molar-refractivity contribution in [2.24, 2.45) is 23.2 Å². The summed E-state index contributed by atoms with van der Waals surface area (Å²) in [6.45, 7) is 0.441. The van der Waals surface area contributed by atoms with Gasteiger partial charge in [0.05, 0.1) is 31.1 Å². The van der Waals surface area contributed by atoms with E-state index in [1.54, 1.807) is 16.9 Å². The predicted molar refractivity (Wildman–Crippen MR) is 113 cm³/mol. The van der Waals surface area contributed by atoms with Crippen molar-refractivity contribution in [2.75, 3.05) is 12.4 Å². The molecular formula is C24H29N3O3. The summed E-state index contributed by atoms with van der Waals surface area (Å²) in [7, 11) is 1.38. The normalized spacial score (nSPS) is 29.0. The Kier molecular flexibility index (Phi) is 4.88. The van der Waals surface area contributed by atoms with E-state index in [1.807, 2.05) is 24.4 Å². The van der Waals surface area contributed by atoms with Gasteiger partial charge in [-0.25, -0.2) is 4.79 Å². The highest BCUT2D eigenvalue weighted by atomic mass is 16.5. The number of esters is 1. The number of nitrogens with zero attached hydrogens (tertiary/aromatic N) is 2. The van der Waals surface area contributed by atoms with Gasteiger partial charge in [0, 0.05) is 12.6 Å². The Morgan fingerprint density at radius 1 is 1.13 bits per heavy atom. The van der Waals surface area contributed by atoms with Crippen molar-refractivity contribution in [2.45, 2.75) is 51.5 Å². The van der Waals surface area contributed by atoms with E-state index in [1.165, 1.54) is 45.6 Å². The van der Waals surface area contributed by atoms with E-state index >= 15 is 0 Å². The highest BCUT2D eigenvalue weighted by Crippen LogP contribution is 2.61. The molecular weight excluding hydrogens is 378 g/mol. The highest BCUT2D eigenvalue weighted by molar-refractivity contribution is 5.91. The minimum atomic E-state index is -0.359. The van der Waals surface area contributed by atoms with Crippen molar-refractivity contribution >= 4 is 17.6 Å².